The molecule has 0 aliphatic heterocycles. The summed E-state index contributed by atoms with van der Waals surface area (Å²) in [5.74, 6) is -0.351. The highest BCUT2D eigenvalue weighted by molar-refractivity contribution is 5.73. The predicted octanol–water partition coefficient (Wildman–Crippen LogP) is 0.979. The van der Waals surface area contributed by atoms with E-state index in [0.717, 1.165) is 24.1 Å². The smallest absolute Gasteiger partial charge is 0.237 e. The van der Waals surface area contributed by atoms with E-state index in [1.54, 1.807) is 0 Å². The zero-order valence-electron chi connectivity index (χ0n) is 9.73. The Kier molecular flexibility index (Phi) is 2.54. The number of nitrogens with two attached hydrogens (primary N) is 1. The molecule has 2 rings (SSSR count). The number of carbonyl (C=O) groups excluding carboxylic acids is 1. The van der Waals surface area contributed by atoms with Crippen LogP contribution in [0.15, 0.2) is 12.3 Å². The van der Waals surface area contributed by atoms with Gasteiger partial charge in [0.1, 0.15) is 6.54 Å². The van der Waals surface area contributed by atoms with Crippen LogP contribution in [0.1, 0.15) is 37.6 Å². The van der Waals surface area contributed by atoms with Crippen molar-refractivity contribution in [1.82, 2.24) is 4.57 Å². The molecule has 88 valence electrons. The van der Waals surface area contributed by atoms with Crippen molar-refractivity contribution < 1.29 is 9.90 Å². The van der Waals surface area contributed by atoms with Crippen molar-refractivity contribution >= 4 is 5.91 Å². The molecular formula is C12H18N2O2. The number of aliphatic hydroxyl groups is 1. The first-order valence-corrected chi connectivity index (χ1v) is 5.53. The minimum Gasteiger partial charge on any atom is -0.388 e. The lowest BCUT2D eigenvalue weighted by molar-refractivity contribution is -0.118. The summed E-state index contributed by atoms with van der Waals surface area (Å²) in [5.41, 5.74) is 7.26. The highest BCUT2D eigenvalue weighted by Crippen LogP contribution is 2.40. The van der Waals surface area contributed by atoms with Crippen LogP contribution in [0.4, 0.5) is 0 Å². The molecule has 4 nitrogen and oxygen atoms in total. The molecule has 0 radical (unpaired) electrons. The van der Waals surface area contributed by atoms with Crippen LogP contribution in [0.2, 0.25) is 0 Å². The fourth-order valence-corrected chi connectivity index (χ4v) is 2.50. The minimum absolute atomic E-state index is 0.0696. The maximum atomic E-state index is 10.9. The topological polar surface area (TPSA) is 68.2 Å². The molecule has 16 heavy (non-hydrogen) atoms. The summed E-state index contributed by atoms with van der Waals surface area (Å²) in [5, 5.41) is 10.0. The van der Waals surface area contributed by atoms with E-state index in [9.17, 15) is 9.90 Å². The largest absolute Gasteiger partial charge is 0.388 e. The zero-order chi connectivity index (χ0) is 11.9. The number of fused-ring (bicyclic) bond motifs is 1. The number of primary amides is 1. The van der Waals surface area contributed by atoms with Crippen LogP contribution >= 0.6 is 0 Å². The normalized spacial score (nSPS) is 22.8. The monoisotopic (exact) mass is 222 g/mol. The summed E-state index contributed by atoms with van der Waals surface area (Å²) in [6.45, 7) is 4.44. The average Bonchev–Trinajstić information content (AvgIpc) is 2.45. The number of rotatable bonds is 2. The minimum atomic E-state index is -0.423. The van der Waals surface area contributed by atoms with Crippen molar-refractivity contribution in [1.29, 1.82) is 0 Å². The molecule has 0 aromatic carbocycles. The Morgan fingerprint density at radius 1 is 1.69 bits per heavy atom. The lowest BCUT2D eigenvalue weighted by Gasteiger charge is -2.33. The molecular weight excluding hydrogens is 204 g/mol. The number of nitrogens with zero attached hydrogens (tertiary/aromatic N) is 1. The van der Waals surface area contributed by atoms with E-state index < -0.39 is 6.10 Å². The second-order valence-electron chi connectivity index (χ2n) is 5.37. The van der Waals surface area contributed by atoms with Gasteiger partial charge in [-0.25, -0.2) is 0 Å². The third-order valence-corrected chi connectivity index (χ3v) is 3.19. The molecule has 1 unspecified atom stereocenters. The van der Waals surface area contributed by atoms with Gasteiger partial charge in [-0.05, 0) is 24.3 Å². The molecule has 0 saturated carbocycles. The van der Waals surface area contributed by atoms with Crippen LogP contribution in [0.5, 0.6) is 0 Å². The number of hydrogen-bond acceptors (Lipinski definition) is 2. The zero-order valence-corrected chi connectivity index (χ0v) is 9.73. The van der Waals surface area contributed by atoms with Crippen LogP contribution in [-0.2, 0) is 17.8 Å². The second kappa shape index (κ2) is 3.63. The first-order chi connectivity index (χ1) is 7.39. The van der Waals surface area contributed by atoms with Gasteiger partial charge in [-0.1, -0.05) is 13.8 Å². The molecule has 0 spiro atoms. The molecule has 1 aromatic heterocycles. The molecule has 0 bridgehead atoms. The molecule has 1 aliphatic carbocycles. The van der Waals surface area contributed by atoms with Gasteiger partial charge in [0.2, 0.25) is 5.91 Å². The van der Waals surface area contributed by atoms with Gasteiger partial charge in [0, 0.05) is 17.5 Å². The van der Waals surface area contributed by atoms with E-state index in [1.165, 1.54) is 0 Å². The van der Waals surface area contributed by atoms with Gasteiger partial charge >= 0.3 is 0 Å². The van der Waals surface area contributed by atoms with Gasteiger partial charge in [-0.2, -0.15) is 0 Å². The number of aromatic nitrogens is 1. The number of amides is 1. The number of aliphatic hydroxyl groups excluding tert-OH is 1. The van der Waals surface area contributed by atoms with Crippen LogP contribution in [-0.4, -0.2) is 15.6 Å². The van der Waals surface area contributed by atoms with Crippen molar-refractivity contribution in [2.75, 3.05) is 0 Å². The quantitative estimate of drug-likeness (QED) is 0.783. The van der Waals surface area contributed by atoms with Gasteiger partial charge in [0.15, 0.2) is 0 Å². The summed E-state index contributed by atoms with van der Waals surface area (Å²) in [7, 11) is 0. The Balaban J connectivity index is 2.37. The maximum Gasteiger partial charge on any atom is 0.237 e. The molecule has 1 amide bonds. The van der Waals surface area contributed by atoms with Crippen molar-refractivity contribution in [2.45, 2.75) is 39.3 Å². The summed E-state index contributed by atoms with van der Waals surface area (Å²) in [6, 6.07) is 1.89. The molecule has 1 aliphatic rings. The first-order valence-electron chi connectivity index (χ1n) is 5.53. The highest BCUT2D eigenvalue weighted by Gasteiger charge is 2.33. The van der Waals surface area contributed by atoms with Gasteiger partial charge in [-0.15, -0.1) is 0 Å². The van der Waals surface area contributed by atoms with Crippen LogP contribution in [0.3, 0.4) is 0 Å². The average molecular weight is 222 g/mol. The fraction of sp³-hybridized carbons (Fsp3) is 0.583. The third-order valence-electron chi connectivity index (χ3n) is 3.19. The van der Waals surface area contributed by atoms with Crippen molar-refractivity contribution in [3.63, 3.8) is 0 Å². The first kappa shape index (κ1) is 11.2. The standard InChI is InChI=1S/C12H18N2O2/c1-12(2)5-9-8(10(15)6-12)3-4-14(9)7-11(13)16/h3-4,10,15H,5-7H2,1-2H3,(H2,13,16). The van der Waals surface area contributed by atoms with Gasteiger partial charge in [0.05, 0.1) is 6.10 Å². The molecule has 1 heterocycles. The summed E-state index contributed by atoms with van der Waals surface area (Å²) in [4.78, 5) is 10.9. The van der Waals surface area contributed by atoms with Crippen molar-refractivity contribution in [3.05, 3.63) is 23.5 Å². The molecule has 4 heteroatoms. The maximum absolute atomic E-state index is 10.9. The Morgan fingerprint density at radius 3 is 3.00 bits per heavy atom. The SMILES string of the molecule is CC1(C)Cc2c(ccn2CC(N)=O)C(O)C1. The van der Waals surface area contributed by atoms with Crippen LogP contribution < -0.4 is 5.73 Å². The molecule has 1 aromatic rings. The third kappa shape index (κ3) is 1.97. The van der Waals surface area contributed by atoms with Gasteiger partial charge < -0.3 is 15.4 Å². The van der Waals surface area contributed by atoms with Crippen molar-refractivity contribution in [2.24, 2.45) is 11.1 Å². The summed E-state index contributed by atoms with van der Waals surface area (Å²) >= 11 is 0. The van der Waals surface area contributed by atoms with Crippen LogP contribution in [0, 0.1) is 5.41 Å². The Hall–Kier alpha value is -1.29. The van der Waals surface area contributed by atoms with Gasteiger partial charge in [0.25, 0.3) is 0 Å². The number of hydrogen-bond donors (Lipinski definition) is 2. The molecule has 0 fully saturated rings. The van der Waals surface area contributed by atoms with Crippen molar-refractivity contribution in [3.8, 4) is 0 Å². The van der Waals surface area contributed by atoms with Gasteiger partial charge in [-0.3, -0.25) is 4.79 Å². The Morgan fingerprint density at radius 2 is 2.38 bits per heavy atom. The van der Waals surface area contributed by atoms with E-state index in [4.69, 9.17) is 5.73 Å². The van der Waals surface area contributed by atoms with E-state index >= 15 is 0 Å². The van der Waals surface area contributed by atoms with E-state index in [1.807, 2.05) is 16.8 Å². The predicted molar refractivity (Wildman–Crippen MR) is 60.7 cm³/mol. The lowest BCUT2D eigenvalue weighted by atomic mass is 9.75. The summed E-state index contributed by atoms with van der Waals surface area (Å²) < 4.78 is 1.85. The molecule has 1 atom stereocenters. The van der Waals surface area contributed by atoms with E-state index in [0.29, 0.717) is 0 Å². The second-order valence-corrected chi connectivity index (χ2v) is 5.37. The highest BCUT2D eigenvalue weighted by atomic mass is 16.3. The summed E-state index contributed by atoms with van der Waals surface area (Å²) in [6.07, 6.45) is 3.05. The lowest BCUT2D eigenvalue weighted by Crippen LogP contribution is -2.28. The molecule has 0 saturated heterocycles. The molecule has 3 N–H and O–H groups in total. The van der Waals surface area contributed by atoms with Crippen LogP contribution in [0.25, 0.3) is 0 Å². The number of carbonyl (C=O) groups is 1. The fourth-order valence-electron chi connectivity index (χ4n) is 2.50. The van der Waals surface area contributed by atoms with E-state index in [2.05, 4.69) is 13.8 Å². The Labute approximate surface area is 95.1 Å². The van der Waals surface area contributed by atoms with E-state index in [-0.39, 0.29) is 17.9 Å². The Bertz CT molecular complexity index is 421.